The zero-order valence-corrected chi connectivity index (χ0v) is 17.4. The maximum Gasteiger partial charge on any atom is 0.223 e. The molecule has 1 atom stereocenters. The molecule has 1 aromatic carbocycles. The van der Waals surface area contributed by atoms with E-state index >= 15 is 0 Å². The first-order valence-corrected chi connectivity index (χ1v) is 10.9. The van der Waals surface area contributed by atoms with Crippen LogP contribution in [0.15, 0.2) is 18.2 Å². The Balaban J connectivity index is 1.46. The largest absolute Gasteiger partial charge is 0.382 e. The van der Waals surface area contributed by atoms with Crippen molar-refractivity contribution < 1.29 is 14.4 Å². The van der Waals surface area contributed by atoms with Gasteiger partial charge in [0.2, 0.25) is 5.91 Å². The van der Waals surface area contributed by atoms with Crippen molar-refractivity contribution in [2.24, 2.45) is 11.8 Å². The predicted octanol–water partition coefficient (Wildman–Crippen LogP) is 3.41. The third-order valence-electron chi connectivity index (χ3n) is 6.14. The fraction of sp³-hybridized carbons (Fsp3) is 0.609. The Bertz CT molecular complexity index is 709. The van der Waals surface area contributed by atoms with Gasteiger partial charge in [-0.2, -0.15) is 0 Å². The Labute approximate surface area is 173 Å². The molecule has 1 saturated heterocycles. The van der Waals surface area contributed by atoms with E-state index in [0.717, 1.165) is 62.8 Å². The number of nitrogens with one attached hydrogen (secondary N) is 2. The van der Waals surface area contributed by atoms with Crippen molar-refractivity contribution in [3.05, 3.63) is 23.8 Å². The first-order chi connectivity index (χ1) is 14.1. The Kier molecular flexibility index (Phi) is 7.67. The molecule has 29 heavy (non-hydrogen) atoms. The molecule has 0 spiro atoms. The van der Waals surface area contributed by atoms with Crippen LogP contribution >= 0.6 is 0 Å². The van der Waals surface area contributed by atoms with Crippen molar-refractivity contribution in [1.29, 1.82) is 0 Å². The zero-order chi connectivity index (χ0) is 20.6. The number of hydrogen-bond donors (Lipinski definition) is 2. The number of hydrogen-bond acceptors (Lipinski definition) is 5. The second-order valence-electron chi connectivity index (χ2n) is 8.53. The molecule has 1 amide bonds. The average Bonchev–Trinajstić information content (AvgIpc) is 2.72. The smallest absolute Gasteiger partial charge is 0.223 e. The standard InChI is InChI=1S/C23H33N3O3/c1-17(6-5-11-27)25-22-10-9-21(12-20(22)16-28)26-14-18(15-26)13-24-23(29)19-7-3-2-4-8-19/h9-12,16-19,25H,2-8,13-15H2,1H3,(H,24,29). The van der Waals surface area contributed by atoms with Gasteiger partial charge in [-0.25, -0.2) is 0 Å². The van der Waals surface area contributed by atoms with Gasteiger partial charge in [0.05, 0.1) is 0 Å². The lowest BCUT2D eigenvalue weighted by Gasteiger charge is -2.41. The monoisotopic (exact) mass is 399 g/mol. The van der Waals surface area contributed by atoms with Crippen LogP contribution in [0.25, 0.3) is 0 Å². The number of anilines is 2. The van der Waals surface area contributed by atoms with Gasteiger partial charge in [0.25, 0.3) is 0 Å². The molecule has 158 valence electrons. The highest BCUT2D eigenvalue weighted by molar-refractivity contribution is 5.86. The topological polar surface area (TPSA) is 78.5 Å². The third kappa shape index (κ3) is 5.81. The summed E-state index contributed by atoms with van der Waals surface area (Å²) in [6.45, 7) is 4.53. The Hall–Kier alpha value is -2.37. The first kappa shape index (κ1) is 21.3. The summed E-state index contributed by atoms with van der Waals surface area (Å²) in [6.07, 6.45) is 8.72. The highest BCUT2D eigenvalue weighted by atomic mass is 16.2. The molecular formula is C23H33N3O3. The number of aldehydes is 2. The number of amides is 1. The molecule has 1 aliphatic carbocycles. The van der Waals surface area contributed by atoms with Crippen molar-refractivity contribution in [1.82, 2.24) is 5.32 Å². The SMILES string of the molecule is CC(CCC=O)Nc1ccc(N2CC(CNC(=O)C3CCCCC3)C2)cc1C=O. The summed E-state index contributed by atoms with van der Waals surface area (Å²) in [6, 6.07) is 6.01. The van der Waals surface area contributed by atoms with Gasteiger partial charge in [-0.1, -0.05) is 19.3 Å². The van der Waals surface area contributed by atoms with Gasteiger partial charge in [0.15, 0.2) is 6.29 Å². The molecule has 2 N–H and O–H groups in total. The lowest BCUT2D eigenvalue weighted by molar-refractivity contribution is -0.126. The predicted molar refractivity (Wildman–Crippen MR) is 115 cm³/mol. The maximum absolute atomic E-state index is 12.3. The molecule has 2 fully saturated rings. The molecule has 1 unspecified atom stereocenters. The van der Waals surface area contributed by atoms with Crippen molar-refractivity contribution in [2.75, 3.05) is 29.9 Å². The van der Waals surface area contributed by atoms with Gasteiger partial charge in [0.1, 0.15) is 6.29 Å². The third-order valence-corrected chi connectivity index (χ3v) is 6.14. The van der Waals surface area contributed by atoms with E-state index in [9.17, 15) is 14.4 Å². The van der Waals surface area contributed by atoms with Gasteiger partial charge < -0.3 is 20.3 Å². The van der Waals surface area contributed by atoms with Crippen LogP contribution in [-0.4, -0.2) is 44.2 Å². The number of benzene rings is 1. The molecule has 1 aromatic rings. The fourth-order valence-corrected chi connectivity index (χ4v) is 4.30. The van der Waals surface area contributed by atoms with Crippen molar-refractivity contribution in [3.8, 4) is 0 Å². The van der Waals surface area contributed by atoms with Crippen LogP contribution in [0.3, 0.4) is 0 Å². The summed E-state index contributed by atoms with van der Waals surface area (Å²) in [4.78, 5) is 36.6. The van der Waals surface area contributed by atoms with Crippen LogP contribution in [0, 0.1) is 11.8 Å². The van der Waals surface area contributed by atoms with Crippen molar-refractivity contribution in [2.45, 2.75) is 57.9 Å². The second-order valence-corrected chi connectivity index (χ2v) is 8.53. The summed E-state index contributed by atoms with van der Waals surface area (Å²) in [7, 11) is 0. The summed E-state index contributed by atoms with van der Waals surface area (Å²) >= 11 is 0. The highest BCUT2D eigenvalue weighted by Gasteiger charge is 2.29. The van der Waals surface area contributed by atoms with Gasteiger partial charge in [-0.05, 0) is 44.4 Å². The van der Waals surface area contributed by atoms with E-state index in [0.29, 0.717) is 17.9 Å². The molecule has 0 aromatic heterocycles. The second kappa shape index (κ2) is 10.4. The molecule has 1 saturated carbocycles. The summed E-state index contributed by atoms with van der Waals surface area (Å²) in [5, 5.41) is 6.45. The Morgan fingerprint density at radius 1 is 1.21 bits per heavy atom. The lowest BCUT2D eigenvalue weighted by atomic mass is 9.88. The van der Waals surface area contributed by atoms with Gasteiger partial charge >= 0.3 is 0 Å². The van der Waals surface area contributed by atoms with Gasteiger partial charge in [-0.3, -0.25) is 9.59 Å². The molecular weight excluding hydrogens is 366 g/mol. The lowest BCUT2D eigenvalue weighted by Crippen LogP contribution is -2.52. The van der Waals surface area contributed by atoms with Gasteiger partial charge in [-0.15, -0.1) is 0 Å². The quantitative estimate of drug-likeness (QED) is 0.590. The van der Waals surface area contributed by atoms with Crippen molar-refractivity contribution >= 4 is 29.9 Å². The number of carbonyl (C=O) groups excluding carboxylic acids is 3. The molecule has 0 radical (unpaired) electrons. The Morgan fingerprint density at radius 3 is 2.66 bits per heavy atom. The van der Waals surface area contributed by atoms with E-state index in [-0.39, 0.29) is 17.9 Å². The van der Waals surface area contributed by atoms with Crippen LogP contribution in [0.1, 0.15) is 62.2 Å². The van der Waals surface area contributed by atoms with Crippen LogP contribution in [0.2, 0.25) is 0 Å². The van der Waals surface area contributed by atoms with E-state index in [1.807, 2.05) is 25.1 Å². The summed E-state index contributed by atoms with van der Waals surface area (Å²) < 4.78 is 0. The fourth-order valence-electron chi connectivity index (χ4n) is 4.30. The number of nitrogens with zero attached hydrogens (tertiary/aromatic N) is 1. The van der Waals surface area contributed by atoms with E-state index in [1.54, 1.807) is 0 Å². The van der Waals surface area contributed by atoms with Crippen LogP contribution in [0.4, 0.5) is 11.4 Å². The van der Waals surface area contributed by atoms with Gasteiger partial charge in [0, 0.05) is 60.9 Å². The molecule has 6 heteroatoms. The molecule has 3 rings (SSSR count). The minimum absolute atomic E-state index is 0.130. The van der Waals surface area contributed by atoms with Crippen LogP contribution in [0.5, 0.6) is 0 Å². The molecule has 1 heterocycles. The van der Waals surface area contributed by atoms with Crippen molar-refractivity contribution in [3.63, 3.8) is 0 Å². The summed E-state index contributed by atoms with van der Waals surface area (Å²) in [5.74, 6) is 0.901. The number of carbonyl (C=O) groups is 3. The van der Waals surface area contributed by atoms with E-state index < -0.39 is 0 Å². The number of rotatable bonds is 10. The molecule has 2 aliphatic rings. The minimum Gasteiger partial charge on any atom is -0.382 e. The Morgan fingerprint density at radius 2 is 1.97 bits per heavy atom. The minimum atomic E-state index is 0.130. The first-order valence-electron chi connectivity index (χ1n) is 10.9. The molecule has 0 bridgehead atoms. The highest BCUT2D eigenvalue weighted by Crippen LogP contribution is 2.29. The molecule has 6 nitrogen and oxygen atoms in total. The van der Waals surface area contributed by atoms with E-state index in [1.165, 1.54) is 19.3 Å². The van der Waals surface area contributed by atoms with E-state index in [4.69, 9.17) is 0 Å². The maximum atomic E-state index is 12.3. The summed E-state index contributed by atoms with van der Waals surface area (Å²) in [5.41, 5.74) is 2.47. The zero-order valence-electron chi connectivity index (χ0n) is 17.4. The van der Waals surface area contributed by atoms with E-state index in [2.05, 4.69) is 15.5 Å². The van der Waals surface area contributed by atoms with Crippen LogP contribution in [-0.2, 0) is 9.59 Å². The molecule has 1 aliphatic heterocycles. The average molecular weight is 400 g/mol. The van der Waals surface area contributed by atoms with Crippen LogP contribution < -0.4 is 15.5 Å². The normalized spacial score (nSPS) is 18.6.